The van der Waals surface area contributed by atoms with E-state index in [1.807, 2.05) is 0 Å². The van der Waals surface area contributed by atoms with Crippen LogP contribution in [0.15, 0.2) is 16.3 Å². The molecule has 0 saturated heterocycles. The van der Waals surface area contributed by atoms with Crippen LogP contribution >= 0.6 is 22.9 Å². The number of aliphatic hydroxyl groups excluding tert-OH is 1. The van der Waals surface area contributed by atoms with Crippen LogP contribution in [-0.2, 0) is 10.0 Å². The first-order valence-electron chi connectivity index (χ1n) is 5.95. The number of rotatable bonds is 6. The molecule has 1 heterocycles. The monoisotopic (exact) mass is 365 g/mol. The van der Waals surface area contributed by atoms with Gasteiger partial charge in [-0.25, -0.2) is 13.1 Å². The molecule has 122 valence electrons. The van der Waals surface area contributed by atoms with Crippen molar-refractivity contribution in [3.63, 3.8) is 0 Å². The van der Waals surface area contributed by atoms with E-state index in [-0.39, 0.29) is 8.55 Å². The molecule has 0 saturated carbocycles. The standard InChI is InChI=1S/C11H15ClF3NO3S2/c1-6(5-11(13,14)15)10(7(2)17)16-21(18,19)9-4-3-8(12)20-9/h3-4,6-7,10,16-17H,5H2,1-2H3/t6-,7-,10?/m1/s1. The third-order valence-electron chi connectivity index (χ3n) is 2.79. The Morgan fingerprint density at radius 3 is 2.33 bits per heavy atom. The molecule has 21 heavy (non-hydrogen) atoms. The van der Waals surface area contributed by atoms with Crippen LogP contribution in [0.25, 0.3) is 0 Å². The largest absolute Gasteiger partial charge is 0.392 e. The lowest BCUT2D eigenvalue weighted by molar-refractivity contribution is -0.146. The molecule has 0 bridgehead atoms. The summed E-state index contributed by atoms with van der Waals surface area (Å²) < 4.78 is 63.6. The fourth-order valence-electron chi connectivity index (χ4n) is 1.86. The Bertz CT molecular complexity index is 572. The van der Waals surface area contributed by atoms with E-state index in [1.54, 1.807) is 0 Å². The van der Waals surface area contributed by atoms with Crippen LogP contribution in [0.4, 0.5) is 13.2 Å². The highest BCUT2D eigenvalue weighted by Gasteiger charge is 2.37. The second-order valence-corrected chi connectivity index (χ2v) is 8.40. The van der Waals surface area contributed by atoms with Gasteiger partial charge in [0.05, 0.1) is 16.5 Å². The van der Waals surface area contributed by atoms with Crippen LogP contribution in [0.3, 0.4) is 0 Å². The first-order valence-corrected chi connectivity index (χ1v) is 8.62. The average molecular weight is 366 g/mol. The molecule has 0 spiro atoms. The molecule has 0 fully saturated rings. The van der Waals surface area contributed by atoms with Crippen molar-refractivity contribution >= 4 is 33.0 Å². The highest BCUT2D eigenvalue weighted by atomic mass is 35.5. The summed E-state index contributed by atoms with van der Waals surface area (Å²) in [6, 6.07) is 1.37. The summed E-state index contributed by atoms with van der Waals surface area (Å²) in [5.41, 5.74) is 0. The van der Waals surface area contributed by atoms with E-state index >= 15 is 0 Å². The van der Waals surface area contributed by atoms with Gasteiger partial charge in [-0.1, -0.05) is 18.5 Å². The second-order valence-electron chi connectivity index (χ2n) is 4.74. The number of hydrogen-bond acceptors (Lipinski definition) is 4. The smallest absolute Gasteiger partial charge is 0.389 e. The van der Waals surface area contributed by atoms with E-state index in [0.29, 0.717) is 0 Å². The fourth-order valence-corrected chi connectivity index (χ4v) is 4.78. The quantitative estimate of drug-likeness (QED) is 0.814. The van der Waals surface area contributed by atoms with Gasteiger partial charge in [-0.15, -0.1) is 11.3 Å². The van der Waals surface area contributed by atoms with Gasteiger partial charge < -0.3 is 5.11 Å². The minimum Gasteiger partial charge on any atom is -0.392 e. The Morgan fingerprint density at radius 2 is 1.95 bits per heavy atom. The summed E-state index contributed by atoms with van der Waals surface area (Å²) in [4.78, 5) is 0. The van der Waals surface area contributed by atoms with Crippen molar-refractivity contribution in [3.8, 4) is 0 Å². The maximum absolute atomic E-state index is 12.4. The molecule has 10 heteroatoms. The normalized spacial score (nSPS) is 17.5. The summed E-state index contributed by atoms with van der Waals surface area (Å²) in [5.74, 6) is -1.12. The van der Waals surface area contributed by atoms with Gasteiger partial charge in [0, 0.05) is 6.42 Å². The lowest BCUT2D eigenvalue weighted by atomic mass is 9.95. The maximum atomic E-state index is 12.4. The zero-order valence-corrected chi connectivity index (χ0v) is 13.6. The molecule has 2 N–H and O–H groups in total. The van der Waals surface area contributed by atoms with E-state index < -0.39 is 40.7 Å². The molecule has 1 rings (SSSR count). The van der Waals surface area contributed by atoms with Gasteiger partial charge in [0.1, 0.15) is 4.21 Å². The molecular weight excluding hydrogens is 351 g/mol. The number of sulfonamides is 1. The Morgan fingerprint density at radius 1 is 1.38 bits per heavy atom. The molecule has 4 nitrogen and oxygen atoms in total. The van der Waals surface area contributed by atoms with Gasteiger partial charge in [0.15, 0.2) is 0 Å². The van der Waals surface area contributed by atoms with Crippen LogP contribution in [0.5, 0.6) is 0 Å². The number of halogens is 4. The molecule has 1 unspecified atom stereocenters. The summed E-state index contributed by atoms with van der Waals surface area (Å²) in [6.07, 6.45) is -6.91. The number of thiophene rings is 1. The molecular formula is C11H15ClF3NO3S2. The molecule has 0 aliphatic carbocycles. The van der Waals surface area contributed by atoms with Gasteiger partial charge in [-0.2, -0.15) is 13.2 Å². The van der Waals surface area contributed by atoms with Gasteiger partial charge in [-0.05, 0) is 25.0 Å². The predicted octanol–water partition coefficient (Wildman–Crippen LogP) is 3.02. The molecule has 0 radical (unpaired) electrons. The highest BCUT2D eigenvalue weighted by molar-refractivity contribution is 7.91. The fraction of sp³-hybridized carbons (Fsp3) is 0.636. The second kappa shape index (κ2) is 6.82. The molecule has 1 aromatic rings. The lowest BCUT2D eigenvalue weighted by Crippen LogP contribution is -2.47. The third-order valence-corrected chi connectivity index (χ3v) is 5.97. The Balaban J connectivity index is 2.93. The van der Waals surface area contributed by atoms with E-state index in [0.717, 1.165) is 11.3 Å². The predicted molar refractivity (Wildman–Crippen MR) is 75.0 cm³/mol. The molecule has 0 aliphatic rings. The first kappa shape index (κ1) is 18.7. The van der Waals surface area contributed by atoms with Crippen LogP contribution in [0.2, 0.25) is 4.34 Å². The molecule has 0 amide bonds. The lowest BCUT2D eigenvalue weighted by Gasteiger charge is -2.27. The van der Waals surface area contributed by atoms with Crippen molar-refractivity contribution in [2.75, 3.05) is 0 Å². The van der Waals surface area contributed by atoms with E-state index in [9.17, 15) is 26.7 Å². The van der Waals surface area contributed by atoms with Crippen LogP contribution in [0, 0.1) is 5.92 Å². The average Bonchev–Trinajstić information content (AvgIpc) is 2.70. The number of aliphatic hydroxyl groups is 1. The third kappa shape index (κ3) is 5.74. The Hall–Kier alpha value is -0.350. The van der Waals surface area contributed by atoms with Crippen molar-refractivity contribution in [3.05, 3.63) is 16.5 Å². The summed E-state index contributed by atoms with van der Waals surface area (Å²) in [7, 11) is -4.03. The summed E-state index contributed by atoms with van der Waals surface area (Å²) in [5, 5.41) is 9.58. The summed E-state index contributed by atoms with van der Waals surface area (Å²) in [6.45, 7) is 2.47. The Kier molecular flexibility index (Phi) is 6.08. The van der Waals surface area contributed by atoms with Gasteiger partial charge in [-0.3, -0.25) is 0 Å². The van der Waals surface area contributed by atoms with Gasteiger partial charge in [0.2, 0.25) is 10.0 Å². The maximum Gasteiger partial charge on any atom is 0.389 e. The molecule has 0 aliphatic heterocycles. The molecule has 3 atom stereocenters. The zero-order chi connectivity index (χ0) is 16.4. The SMILES string of the molecule is C[C@H](CC(F)(F)F)C(NS(=O)(=O)c1ccc(Cl)s1)[C@@H](C)O. The van der Waals surface area contributed by atoms with E-state index in [4.69, 9.17) is 11.6 Å². The van der Waals surface area contributed by atoms with Crippen molar-refractivity contribution in [2.45, 2.75) is 42.8 Å². The van der Waals surface area contributed by atoms with Crippen molar-refractivity contribution in [2.24, 2.45) is 5.92 Å². The number of alkyl halides is 3. The zero-order valence-electron chi connectivity index (χ0n) is 11.2. The van der Waals surface area contributed by atoms with Gasteiger partial charge in [0.25, 0.3) is 0 Å². The van der Waals surface area contributed by atoms with Crippen LogP contribution in [-0.4, -0.2) is 31.8 Å². The summed E-state index contributed by atoms with van der Waals surface area (Å²) >= 11 is 6.43. The minimum absolute atomic E-state index is 0.114. The number of hydrogen-bond donors (Lipinski definition) is 2. The molecule has 1 aromatic heterocycles. The Labute approximate surface area is 130 Å². The highest BCUT2D eigenvalue weighted by Crippen LogP contribution is 2.29. The first-order chi connectivity index (χ1) is 9.42. The van der Waals surface area contributed by atoms with E-state index in [2.05, 4.69) is 4.72 Å². The van der Waals surface area contributed by atoms with Crippen LogP contribution < -0.4 is 4.72 Å². The van der Waals surface area contributed by atoms with Gasteiger partial charge >= 0.3 is 6.18 Å². The van der Waals surface area contributed by atoms with Crippen molar-refractivity contribution in [1.29, 1.82) is 0 Å². The topological polar surface area (TPSA) is 66.4 Å². The van der Waals surface area contributed by atoms with E-state index in [1.165, 1.54) is 26.0 Å². The van der Waals surface area contributed by atoms with Crippen molar-refractivity contribution in [1.82, 2.24) is 4.72 Å². The van der Waals surface area contributed by atoms with Crippen molar-refractivity contribution < 1.29 is 26.7 Å². The van der Waals surface area contributed by atoms with Crippen LogP contribution in [0.1, 0.15) is 20.3 Å². The number of nitrogens with one attached hydrogen (secondary N) is 1. The minimum atomic E-state index is -4.44. The molecule has 0 aromatic carbocycles.